The van der Waals surface area contributed by atoms with E-state index in [9.17, 15) is 14.4 Å². The number of carbonyl (C=O) groups excluding carboxylic acids is 2. The van der Waals surface area contributed by atoms with Crippen LogP contribution >= 0.6 is 0 Å². The highest BCUT2D eigenvalue weighted by Crippen LogP contribution is 2.32. The summed E-state index contributed by atoms with van der Waals surface area (Å²) in [6.07, 6.45) is 1.15. The van der Waals surface area contributed by atoms with Gasteiger partial charge in [-0.05, 0) is 11.8 Å². The van der Waals surface area contributed by atoms with Crippen LogP contribution in [0, 0.1) is 5.41 Å². The lowest BCUT2D eigenvalue weighted by atomic mass is 9.80. The number of rotatable bonds is 9. The molecule has 1 aliphatic heterocycles. The van der Waals surface area contributed by atoms with Gasteiger partial charge in [-0.1, -0.05) is 19.0 Å². The molecule has 2 N–H and O–H groups in total. The second-order valence-electron chi connectivity index (χ2n) is 7.16. The van der Waals surface area contributed by atoms with Crippen LogP contribution < -0.4 is 5.32 Å². The first-order valence-corrected chi connectivity index (χ1v) is 9.03. The summed E-state index contributed by atoms with van der Waals surface area (Å²) in [6, 6.07) is 0. The molecule has 1 unspecified atom stereocenters. The number of amides is 2. The van der Waals surface area contributed by atoms with Crippen LogP contribution in [0.1, 0.15) is 54.9 Å². The highest BCUT2D eigenvalue weighted by atomic mass is 16.5. The van der Waals surface area contributed by atoms with E-state index in [0.717, 1.165) is 0 Å². The van der Waals surface area contributed by atoms with Gasteiger partial charge in [0, 0.05) is 38.6 Å². The molecule has 1 atom stereocenters. The van der Waals surface area contributed by atoms with Gasteiger partial charge in [0.2, 0.25) is 5.91 Å². The highest BCUT2D eigenvalue weighted by Gasteiger charge is 2.34. The molecule has 150 valence electrons. The average molecular weight is 381 g/mol. The van der Waals surface area contributed by atoms with E-state index in [1.165, 1.54) is 0 Å². The molecule has 0 saturated carbocycles. The van der Waals surface area contributed by atoms with Gasteiger partial charge >= 0.3 is 5.97 Å². The van der Waals surface area contributed by atoms with Crippen LogP contribution in [0.25, 0.3) is 0 Å². The van der Waals surface area contributed by atoms with Crippen LogP contribution in [0.3, 0.4) is 0 Å². The van der Waals surface area contributed by atoms with Crippen molar-refractivity contribution < 1.29 is 28.8 Å². The summed E-state index contributed by atoms with van der Waals surface area (Å²) in [5.41, 5.74) is 0.196. The maximum absolute atomic E-state index is 12.7. The number of aromatic nitrogens is 1. The number of hydrogen-bond acceptors (Lipinski definition) is 6. The SMILES string of the molecule is CCC(C)(CC(=O)O)CC(=O)N1CCc2onc(C(=O)NCCOC)c2C1. The fraction of sp³-hybridized carbons (Fsp3) is 0.667. The van der Waals surface area contributed by atoms with Crippen LogP contribution in [0.15, 0.2) is 4.52 Å². The van der Waals surface area contributed by atoms with Crippen molar-refractivity contribution in [1.29, 1.82) is 0 Å². The summed E-state index contributed by atoms with van der Waals surface area (Å²) in [5, 5.41) is 15.6. The fourth-order valence-corrected chi connectivity index (χ4v) is 3.11. The molecule has 0 radical (unpaired) electrons. The largest absolute Gasteiger partial charge is 0.481 e. The minimum atomic E-state index is -0.915. The van der Waals surface area contributed by atoms with Crippen molar-refractivity contribution in [2.75, 3.05) is 26.8 Å². The number of nitrogens with zero attached hydrogens (tertiary/aromatic N) is 2. The number of nitrogens with one attached hydrogen (secondary N) is 1. The monoisotopic (exact) mass is 381 g/mol. The fourth-order valence-electron chi connectivity index (χ4n) is 3.11. The quantitative estimate of drug-likeness (QED) is 0.617. The molecule has 0 saturated heterocycles. The normalized spacial score (nSPS) is 15.7. The molecule has 2 amide bonds. The minimum absolute atomic E-state index is 0.0608. The number of ether oxygens (including phenoxy) is 1. The van der Waals surface area contributed by atoms with Crippen molar-refractivity contribution in [1.82, 2.24) is 15.4 Å². The van der Waals surface area contributed by atoms with Crippen molar-refractivity contribution in [2.45, 2.75) is 46.1 Å². The Morgan fingerprint density at radius 3 is 2.74 bits per heavy atom. The first-order valence-electron chi connectivity index (χ1n) is 9.03. The molecule has 1 aliphatic rings. The van der Waals surface area contributed by atoms with Crippen molar-refractivity contribution in [3.63, 3.8) is 0 Å². The minimum Gasteiger partial charge on any atom is -0.481 e. The number of fused-ring (bicyclic) bond motifs is 1. The Balaban J connectivity index is 2.06. The number of carbonyl (C=O) groups is 3. The van der Waals surface area contributed by atoms with E-state index >= 15 is 0 Å². The molecule has 9 heteroatoms. The first-order chi connectivity index (χ1) is 12.8. The van der Waals surface area contributed by atoms with Gasteiger partial charge in [0.25, 0.3) is 5.91 Å². The second kappa shape index (κ2) is 8.98. The molecule has 2 rings (SSSR count). The summed E-state index contributed by atoms with van der Waals surface area (Å²) in [5.74, 6) is -0.796. The molecule has 0 fully saturated rings. The number of hydrogen-bond donors (Lipinski definition) is 2. The Morgan fingerprint density at radius 1 is 1.37 bits per heavy atom. The molecule has 0 spiro atoms. The Bertz CT molecular complexity index is 701. The Kier molecular flexibility index (Phi) is 6.95. The van der Waals surface area contributed by atoms with Crippen LogP contribution in [0.4, 0.5) is 0 Å². The Labute approximate surface area is 158 Å². The van der Waals surface area contributed by atoms with Gasteiger partial charge in [-0.15, -0.1) is 0 Å². The van der Waals surface area contributed by atoms with E-state index < -0.39 is 11.4 Å². The van der Waals surface area contributed by atoms with Gasteiger partial charge < -0.3 is 24.6 Å². The van der Waals surface area contributed by atoms with Crippen molar-refractivity contribution in [3.8, 4) is 0 Å². The number of aliphatic carboxylic acids is 1. The van der Waals surface area contributed by atoms with Gasteiger partial charge in [-0.25, -0.2) is 0 Å². The van der Waals surface area contributed by atoms with Crippen molar-refractivity contribution in [2.24, 2.45) is 5.41 Å². The first kappa shape index (κ1) is 20.9. The Morgan fingerprint density at radius 2 is 2.11 bits per heavy atom. The van der Waals surface area contributed by atoms with Gasteiger partial charge in [-0.2, -0.15) is 0 Å². The lowest BCUT2D eigenvalue weighted by Crippen LogP contribution is -2.39. The molecule has 1 aromatic rings. The zero-order chi connectivity index (χ0) is 20.0. The average Bonchev–Trinajstić information content (AvgIpc) is 3.04. The summed E-state index contributed by atoms with van der Waals surface area (Å²) in [4.78, 5) is 37.7. The predicted octanol–water partition coefficient (Wildman–Crippen LogP) is 1.22. The summed E-state index contributed by atoms with van der Waals surface area (Å²) in [6.45, 7) is 5.12. The van der Waals surface area contributed by atoms with E-state index in [1.54, 1.807) is 12.0 Å². The number of carboxylic acids is 1. The lowest BCUT2D eigenvalue weighted by Gasteiger charge is -2.31. The van der Waals surface area contributed by atoms with Gasteiger partial charge in [0.15, 0.2) is 5.69 Å². The van der Waals surface area contributed by atoms with E-state index in [2.05, 4.69) is 10.5 Å². The van der Waals surface area contributed by atoms with Crippen molar-refractivity contribution >= 4 is 17.8 Å². The third kappa shape index (κ3) is 5.29. The number of methoxy groups -OCH3 is 1. The molecular formula is C18H27N3O6. The summed E-state index contributed by atoms with van der Waals surface area (Å²) < 4.78 is 10.2. The summed E-state index contributed by atoms with van der Waals surface area (Å²) >= 11 is 0. The van der Waals surface area contributed by atoms with Crippen LogP contribution in [-0.2, 0) is 27.3 Å². The standard InChI is InChI=1S/C18H27N3O6/c1-4-18(2,10-15(23)24)9-14(22)21-7-5-13-12(11-21)16(20-27-13)17(25)19-6-8-26-3/h4-11H2,1-3H3,(H,19,25)(H,23,24). The maximum Gasteiger partial charge on any atom is 0.303 e. The molecule has 2 heterocycles. The molecular weight excluding hydrogens is 354 g/mol. The maximum atomic E-state index is 12.7. The molecule has 27 heavy (non-hydrogen) atoms. The number of carboxylic acid groups (broad SMARTS) is 1. The van der Waals surface area contributed by atoms with E-state index in [-0.39, 0.29) is 36.9 Å². The second-order valence-corrected chi connectivity index (χ2v) is 7.16. The topological polar surface area (TPSA) is 122 Å². The van der Waals surface area contributed by atoms with Crippen LogP contribution in [-0.4, -0.2) is 59.8 Å². The van der Waals surface area contributed by atoms with Crippen LogP contribution in [0.2, 0.25) is 0 Å². The van der Waals surface area contributed by atoms with E-state index in [4.69, 9.17) is 14.4 Å². The zero-order valence-corrected chi connectivity index (χ0v) is 16.0. The van der Waals surface area contributed by atoms with Crippen LogP contribution in [0.5, 0.6) is 0 Å². The third-order valence-electron chi connectivity index (χ3n) is 5.00. The summed E-state index contributed by atoms with van der Waals surface area (Å²) in [7, 11) is 1.54. The Hall–Kier alpha value is -2.42. The van der Waals surface area contributed by atoms with Gasteiger partial charge in [0.1, 0.15) is 5.76 Å². The van der Waals surface area contributed by atoms with Gasteiger partial charge in [0.05, 0.1) is 19.6 Å². The highest BCUT2D eigenvalue weighted by molar-refractivity contribution is 5.94. The van der Waals surface area contributed by atoms with E-state index in [0.29, 0.717) is 43.9 Å². The van der Waals surface area contributed by atoms with Gasteiger partial charge in [-0.3, -0.25) is 14.4 Å². The predicted molar refractivity (Wildman–Crippen MR) is 95.1 cm³/mol. The molecule has 1 aromatic heterocycles. The van der Waals surface area contributed by atoms with E-state index in [1.807, 2.05) is 13.8 Å². The zero-order valence-electron chi connectivity index (χ0n) is 16.0. The third-order valence-corrected chi connectivity index (χ3v) is 5.00. The van der Waals surface area contributed by atoms with Crippen molar-refractivity contribution in [3.05, 3.63) is 17.0 Å². The molecule has 0 aliphatic carbocycles. The smallest absolute Gasteiger partial charge is 0.303 e. The lowest BCUT2D eigenvalue weighted by molar-refractivity contribution is -0.141. The molecule has 0 aromatic carbocycles. The molecule has 9 nitrogen and oxygen atoms in total. The molecule has 0 bridgehead atoms.